The van der Waals surface area contributed by atoms with E-state index in [0.29, 0.717) is 21.6 Å². The maximum Gasteiger partial charge on any atom is 0.164 e. The highest BCUT2D eigenvalue weighted by Gasteiger charge is 2.48. The molecule has 3 heterocycles. The second-order valence-electron chi connectivity index (χ2n) is 8.61. The highest BCUT2D eigenvalue weighted by molar-refractivity contribution is 6.34. The Balaban J connectivity index is 1.55. The molecule has 1 aliphatic heterocycles. The van der Waals surface area contributed by atoms with Crippen LogP contribution in [0.4, 0.5) is 8.78 Å². The number of aliphatic hydroxyl groups is 3. The van der Waals surface area contributed by atoms with Crippen molar-refractivity contribution in [3.63, 3.8) is 0 Å². The van der Waals surface area contributed by atoms with Crippen molar-refractivity contribution in [3.05, 3.63) is 74.9 Å². The summed E-state index contributed by atoms with van der Waals surface area (Å²) in [5, 5.41) is 44.5. The molecule has 1 aliphatic rings. The van der Waals surface area contributed by atoms with Crippen molar-refractivity contribution >= 4 is 34.8 Å². The van der Waals surface area contributed by atoms with E-state index in [1.54, 1.807) is 25.1 Å². The minimum atomic E-state index is -1.50. The number of aryl methyl sites for hydroxylation is 1. The average molecular weight is 588 g/mol. The lowest BCUT2D eigenvalue weighted by molar-refractivity contribution is -0.210. The van der Waals surface area contributed by atoms with Crippen LogP contribution in [-0.2, 0) is 4.74 Å². The van der Waals surface area contributed by atoms with Crippen LogP contribution < -0.4 is 0 Å². The highest BCUT2D eigenvalue weighted by atomic mass is 35.5. The summed E-state index contributed by atoms with van der Waals surface area (Å²) < 4.78 is 36.3. The van der Waals surface area contributed by atoms with Crippen molar-refractivity contribution in [1.29, 1.82) is 0 Å². The molecule has 0 aliphatic carbocycles. The van der Waals surface area contributed by atoms with E-state index >= 15 is 0 Å². The van der Waals surface area contributed by atoms with Gasteiger partial charge in [-0.3, -0.25) is 0 Å². The Morgan fingerprint density at radius 1 is 1.05 bits per heavy atom. The van der Waals surface area contributed by atoms with Crippen molar-refractivity contribution in [2.24, 2.45) is 0 Å². The summed E-state index contributed by atoms with van der Waals surface area (Å²) in [4.78, 5) is 4.39. The Morgan fingerprint density at radius 2 is 1.76 bits per heavy atom. The Labute approximate surface area is 229 Å². The molecule has 5 atom stereocenters. The number of ether oxygens (including phenoxy) is 1. The van der Waals surface area contributed by atoms with Crippen LogP contribution in [0, 0.1) is 18.6 Å². The number of aromatic nitrogens is 6. The van der Waals surface area contributed by atoms with Crippen molar-refractivity contribution in [1.82, 2.24) is 29.8 Å². The summed E-state index contributed by atoms with van der Waals surface area (Å²) in [5.74, 6) is -1.53. The largest absolute Gasteiger partial charge is 0.394 e. The lowest BCUT2D eigenvalue weighted by Crippen LogP contribution is -2.53. The third kappa shape index (κ3) is 4.77. The maximum atomic E-state index is 14.0. The summed E-state index contributed by atoms with van der Waals surface area (Å²) >= 11 is 18.1. The van der Waals surface area contributed by atoms with E-state index in [2.05, 4.69) is 20.4 Å². The summed E-state index contributed by atoms with van der Waals surface area (Å²) in [6, 6.07) is 5.47. The van der Waals surface area contributed by atoms with Gasteiger partial charge in [0.2, 0.25) is 0 Å². The zero-order chi connectivity index (χ0) is 27.3. The number of benzene rings is 2. The monoisotopic (exact) mass is 586 g/mol. The molecule has 0 spiro atoms. The molecule has 0 unspecified atom stereocenters. The fourth-order valence-corrected chi connectivity index (χ4v) is 4.80. The Morgan fingerprint density at radius 3 is 2.45 bits per heavy atom. The first-order valence-corrected chi connectivity index (χ1v) is 12.3. The molecule has 5 rings (SSSR count). The van der Waals surface area contributed by atoms with Crippen LogP contribution in [0.15, 0.2) is 36.5 Å². The molecule has 200 valence electrons. The third-order valence-corrected chi connectivity index (χ3v) is 7.03. The second-order valence-corrected chi connectivity index (χ2v) is 9.83. The predicted octanol–water partition coefficient (Wildman–Crippen LogP) is 3.47. The minimum Gasteiger partial charge on any atom is -0.394 e. The van der Waals surface area contributed by atoms with E-state index in [9.17, 15) is 24.1 Å². The Bertz CT molecular complexity index is 1480. The van der Waals surface area contributed by atoms with Crippen molar-refractivity contribution in [3.8, 4) is 16.9 Å². The SMILES string of the molecule is Cc1nc([C@@H]2O[C@H](CO)[C@H](O)[C@H](n3cc(-c4cc(F)c(Cl)c(F)c4)nn3)[C@H]2O)n(-c2cc(Cl)ccc2Cl)n1. The fraction of sp³-hybridized carbons (Fsp3) is 0.304. The van der Waals surface area contributed by atoms with Gasteiger partial charge in [0.15, 0.2) is 5.82 Å². The maximum absolute atomic E-state index is 14.0. The molecule has 3 N–H and O–H groups in total. The van der Waals surface area contributed by atoms with Crippen LogP contribution >= 0.6 is 34.8 Å². The number of hydrogen-bond donors (Lipinski definition) is 3. The van der Waals surface area contributed by atoms with E-state index in [1.165, 1.54) is 10.9 Å². The molecular weight excluding hydrogens is 569 g/mol. The molecule has 38 heavy (non-hydrogen) atoms. The van der Waals surface area contributed by atoms with Crippen molar-refractivity contribution < 1.29 is 28.8 Å². The lowest BCUT2D eigenvalue weighted by Gasteiger charge is -2.41. The smallest absolute Gasteiger partial charge is 0.164 e. The molecule has 1 fully saturated rings. The van der Waals surface area contributed by atoms with Crippen LogP contribution in [0.3, 0.4) is 0 Å². The zero-order valence-electron chi connectivity index (χ0n) is 19.4. The summed E-state index contributed by atoms with van der Waals surface area (Å²) in [5.41, 5.74) is 0.448. The van der Waals surface area contributed by atoms with E-state index in [1.807, 2.05) is 0 Å². The van der Waals surface area contributed by atoms with Gasteiger partial charge in [-0.15, -0.1) is 5.10 Å². The fourth-order valence-electron chi connectivity index (χ4n) is 4.33. The van der Waals surface area contributed by atoms with Crippen LogP contribution in [-0.4, -0.2) is 70.0 Å². The molecule has 10 nitrogen and oxygen atoms in total. The standard InChI is InChI=1S/C23H19Cl3F2N6O4/c1-9-29-23(34(31-9)16-6-11(24)2-3-12(16)25)22-21(37)19(20(36)17(8-35)38-22)33-7-15(30-32-33)10-4-13(27)18(26)14(28)5-10/h2-7,17,19-22,35-37H,8H2,1H3/t17-,19+,20+,21-,22-/m1/s1. The van der Waals surface area contributed by atoms with Gasteiger partial charge in [0.25, 0.3) is 0 Å². The predicted molar refractivity (Wildman–Crippen MR) is 132 cm³/mol. The van der Waals surface area contributed by atoms with Gasteiger partial charge in [-0.25, -0.2) is 23.1 Å². The highest BCUT2D eigenvalue weighted by Crippen LogP contribution is 2.39. The Kier molecular flexibility index (Phi) is 7.40. The first kappa shape index (κ1) is 26.9. The average Bonchev–Trinajstić information content (AvgIpc) is 3.51. The number of nitrogens with zero attached hydrogens (tertiary/aromatic N) is 6. The lowest BCUT2D eigenvalue weighted by atomic mass is 9.92. The van der Waals surface area contributed by atoms with Gasteiger partial charge in [-0.2, -0.15) is 5.10 Å². The van der Waals surface area contributed by atoms with E-state index < -0.39 is 53.7 Å². The molecule has 0 amide bonds. The first-order chi connectivity index (χ1) is 18.1. The number of hydrogen-bond acceptors (Lipinski definition) is 8. The van der Waals surface area contributed by atoms with E-state index in [-0.39, 0.29) is 17.1 Å². The molecule has 0 bridgehead atoms. The summed E-state index contributed by atoms with van der Waals surface area (Å²) in [7, 11) is 0. The molecule has 15 heteroatoms. The minimum absolute atomic E-state index is 0.0351. The van der Waals surface area contributed by atoms with Gasteiger partial charge in [0, 0.05) is 10.6 Å². The molecule has 2 aromatic heterocycles. The quantitative estimate of drug-likeness (QED) is 0.303. The first-order valence-electron chi connectivity index (χ1n) is 11.2. The summed E-state index contributed by atoms with van der Waals surface area (Å²) in [6.07, 6.45) is -4.06. The molecule has 4 aromatic rings. The van der Waals surface area contributed by atoms with Gasteiger partial charge < -0.3 is 20.1 Å². The van der Waals surface area contributed by atoms with Gasteiger partial charge in [0.05, 0.1) is 23.5 Å². The normalized spacial score (nSPS) is 23.7. The molecular formula is C23H19Cl3F2N6O4. The molecule has 1 saturated heterocycles. The number of aliphatic hydroxyl groups excluding tert-OH is 3. The van der Waals surface area contributed by atoms with Crippen LogP contribution in [0.2, 0.25) is 15.1 Å². The second kappa shape index (κ2) is 10.5. The van der Waals surface area contributed by atoms with Crippen molar-refractivity contribution in [2.75, 3.05) is 6.61 Å². The molecule has 0 saturated carbocycles. The number of rotatable bonds is 5. The van der Waals surface area contributed by atoms with E-state index in [4.69, 9.17) is 39.5 Å². The number of halogens is 5. The topological polar surface area (TPSA) is 131 Å². The Hall–Kier alpha value is -2.71. The van der Waals surface area contributed by atoms with Crippen LogP contribution in [0.1, 0.15) is 23.8 Å². The molecule has 2 aromatic carbocycles. The van der Waals surface area contributed by atoms with Crippen molar-refractivity contribution in [2.45, 2.75) is 37.4 Å². The third-order valence-electron chi connectivity index (χ3n) is 6.12. The van der Waals surface area contributed by atoms with Gasteiger partial charge in [0.1, 0.15) is 58.6 Å². The van der Waals surface area contributed by atoms with Gasteiger partial charge in [-0.1, -0.05) is 40.0 Å². The van der Waals surface area contributed by atoms with Gasteiger partial charge in [-0.05, 0) is 37.3 Å². The molecule has 0 radical (unpaired) electrons. The summed E-state index contributed by atoms with van der Waals surface area (Å²) in [6.45, 7) is 1.01. The van der Waals surface area contributed by atoms with E-state index in [0.717, 1.165) is 16.8 Å². The zero-order valence-corrected chi connectivity index (χ0v) is 21.6. The van der Waals surface area contributed by atoms with Gasteiger partial charge >= 0.3 is 0 Å². The van der Waals surface area contributed by atoms with Crippen LogP contribution in [0.5, 0.6) is 0 Å². The van der Waals surface area contributed by atoms with Crippen LogP contribution in [0.25, 0.3) is 16.9 Å².